The van der Waals surface area contributed by atoms with Crippen LogP contribution in [-0.4, -0.2) is 38.1 Å². The Kier molecular flexibility index (Phi) is 7.35. The predicted octanol–water partition coefficient (Wildman–Crippen LogP) is 5.65. The molecule has 0 aliphatic heterocycles. The van der Waals surface area contributed by atoms with Gasteiger partial charge in [0.2, 0.25) is 4.96 Å². The summed E-state index contributed by atoms with van der Waals surface area (Å²) in [5.41, 5.74) is 4.03. The Balaban J connectivity index is 1.37. The molecule has 3 heterocycles. The van der Waals surface area contributed by atoms with Crippen LogP contribution in [0.4, 0.5) is 0 Å². The van der Waals surface area contributed by atoms with Crippen LogP contribution in [0.5, 0.6) is 11.5 Å². The van der Waals surface area contributed by atoms with Gasteiger partial charge in [-0.2, -0.15) is 14.6 Å². The zero-order valence-electron chi connectivity index (χ0n) is 23.0. The summed E-state index contributed by atoms with van der Waals surface area (Å²) in [6.45, 7) is 5.04. The Bertz CT molecular complexity index is 1890. The Labute approximate surface area is 241 Å². The van der Waals surface area contributed by atoms with Gasteiger partial charge in [-0.1, -0.05) is 43.4 Å². The summed E-state index contributed by atoms with van der Waals surface area (Å²) in [6.07, 6.45) is 4.81. The van der Waals surface area contributed by atoms with Crippen molar-refractivity contribution in [2.75, 3.05) is 13.7 Å². The number of methoxy groups -OCH3 is 1. The quantitative estimate of drug-likeness (QED) is 0.226. The van der Waals surface area contributed by atoms with Crippen LogP contribution < -0.4 is 19.6 Å². The molecule has 41 heavy (non-hydrogen) atoms. The number of hydrogen-bond donors (Lipinski definition) is 0. The van der Waals surface area contributed by atoms with E-state index in [0.717, 1.165) is 46.0 Å². The molecule has 9 heteroatoms. The Hall–Kier alpha value is -4.76. The third-order valence-corrected chi connectivity index (χ3v) is 7.63. The van der Waals surface area contributed by atoms with Gasteiger partial charge in [-0.05, 0) is 79.1 Å². The Morgan fingerprint density at radius 1 is 0.902 bits per heavy atom. The summed E-state index contributed by atoms with van der Waals surface area (Å²) in [5.74, 6) is 2.65. The lowest BCUT2D eigenvalue weighted by atomic mass is 10.1. The first-order valence-corrected chi connectivity index (χ1v) is 14.2. The van der Waals surface area contributed by atoms with E-state index in [2.05, 4.69) is 23.9 Å². The lowest BCUT2D eigenvalue weighted by molar-refractivity contribution is 0.289. The molecule has 6 rings (SSSR count). The zero-order chi connectivity index (χ0) is 28.3. The van der Waals surface area contributed by atoms with Gasteiger partial charge >= 0.3 is 0 Å². The van der Waals surface area contributed by atoms with Crippen molar-refractivity contribution in [2.45, 2.75) is 20.3 Å². The normalized spacial score (nSPS) is 12.0. The maximum Gasteiger partial charge on any atom is 0.291 e. The van der Waals surface area contributed by atoms with Gasteiger partial charge in [0.1, 0.15) is 17.2 Å². The lowest BCUT2D eigenvalue weighted by Crippen LogP contribution is -2.23. The van der Waals surface area contributed by atoms with E-state index >= 15 is 0 Å². The van der Waals surface area contributed by atoms with Gasteiger partial charge in [0.15, 0.2) is 5.82 Å². The molecule has 0 atom stereocenters. The van der Waals surface area contributed by atoms with Crippen molar-refractivity contribution >= 4 is 22.4 Å². The summed E-state index contributed by atoms with van der Waals surface area (Å²) in [5, 5.41) is 9.39. The number of hydrogen-bond acceptors (Lipinski definition) is 7. The molecule has 0 amide bonds. The van der Waals surface area contributed by atoms with Gasteiger partial charge in [-0.3, -0.25) is 4.79 Å². The molecule has 6 aromatic rings. The van der Waals surface area contributed by atoms with Crippen molar-refractivity contribution in [1.82, 2.24) is 24.4 Å². The average molecular weight is 564 g/mol. The number of ether oxygens (including phenoxy) is 2. The van der Waals surface area contributed by atoms with Crippen LogP contribution >= 0.6 is 11.3 Å². The molecule has 3 aromatic carbocycles. The van der Waals surface area contributed by atoms with Crippen LogP contribution in [0, 0.1) is 5.92 Å². The van der Waals surface area contributed by atoms with Gasteiger partial charge in [0.25, 0.3) is 5.56 Å². The van der Waals surface area contributed by atoms with Crippen molar-refractivity contribution in [3.8, 4) is 39.8 Å². The van der Waals surface area contributed by atoms with Crippen molar-refractivity contribution in [2.24, 2.45) is 5.92 Å². The molecule has 0 bridgehead atoms. The van der Waals surface area contributed by atoms with Crippen LogP contribution in [0.2, 0.25) is 0 Å². The highest BCUT2D eigenvalue weighted by atomic mass is 32.1. The molecule has 0 N–H and O–H groups in total. The standard InChI is InChI=1S/C32H29N5O3S/c1-21(2)17-18-40-27-15-9-22(10-16-27)29-24(20-36(34-29)25-7-5-4-6-8-25)19-28-31(38)37-32(41-28)33-30(35-37)23-11-13-26(39-3)14-12-23/h4-16,19-21H,17-18H2,1-3H3/b28-19-. The van der Waals surface area contributed by atoms with Gasteiger partial charge in [-0.25, -0.2) is 4.68 Å². The molecule has 0 fully saturated rings. The molecule has 0 unspecified atom stereocenters. The van der Waals surface area contributed by atoms with E-state index in [1.165, 1.54) is 15.9 Å². The number of rotatable bonds is 9. The third-order valence-electron chi connectivity index (χ3n) is 6.67. The molecular weight excluding hydrogens is 534 g/mol. The minimum Gasteiger partial charge on any atom is -0.497 e. The highest BCUT2D eigenvalue weighted by molar-refractivity contribution is 7.15. The second-order valence-corrected chi connectivity index (χ2v) is 11.1. The summed E-state index contributed by atoms with van der Waals surface area (Å²) < 4.78 is 14.9. The monoisotopic (exact) mass is 563 g/mol. The van der Waals surface area contributed by atoms with Gasteiger partial charge < -0.3 is 9.47 Å². The highest BCUT2D eigenvalue weighted by Gasteiger charge is 2.15. The van der Waals surface area contributed by atoms with E-state index in [9.17, 15) is 4.79 Å². The minimum absolute atomic E-state index is 0.218. The number of thiazole rings is 1. The van der Waals surface area contributed by atoms with Gasteiger partial charge in [-0.15, -0.1) is 5.10 Å². The van der Waals surface area contributed by atoms with Crippen LogP contribution in [0.25, 0.3) is 39.4 Å². The van der Waals surface area contributed by atoms with Crippen molar-refractivity contribution in [3.05, 3.63) is 106 Å². The number of para-hydroxylation sites is 1. The second kappa shape index (κ2) is 11.4. The van der Waals surface area contributed by atoms with Crippen LogP contribution in [0.15, 0.2) is 89.9 Å². The number of benzene rings is 3. The van der Waals surface area contributed by atoms with E-state index in [1.807, 2.05) is 95.8 Å². The molecule has 206 valence electrons. The van der Waals surface area contributed by atoms with Crippen LogP contribution in [0.1, 0.15) is 25.8 Å². The predicted molar refractivity (Wildman–Crippen MR) is 162 cm³/mol. The number of nitrogens with zero attached hydrogens (tertiary/aromatic N) is 5. The summed E-state index contributed by atoms with van der Waals surface area (Å²) in [4.78, 5) is 18.5. The zero-order valence-corrected chi connectivity index (χ0v) is 23.8. The maximum atomic E-state index is 13.4. The number of fused-ring (bicyclic) bond motifs is 1. The van der Waals surface area contributed by atoms with Crippen LogP contribution in [0.3, 0.4) is 0 Å². The Morgan fingerprint density at radius 2 is 1.61 bits per heavy atom. The first kappa shape index (κ1) is 26.5. The molecule has 0 saturated carbocycles. The molecule has 0 aliphatic rings. The SMILES string of the molecule is COc1ccc(-c2nc3s/c(=C\c4cn(-c5ccccc5)nc4-c4ccc(OCCC(C)C)cc4)c(=O)n3n2)cc1. The largest absolute Gasteiger partial charge is 0.497 e. The molecule has 0 aliphatic carbocycles. The van der Waals surface area contributed by atoms with E-state index in [0.29, 0.717) is 27.8 Å². The maximum absolute atomic E-state index is 13.4. The first-order chi connectivity index (χ1) is 20.0. The van der Waals surface area contributed by atoms with E-state index < -0.39 is 0 Å². The topological polar surface area (TPSA) is 83.5 Å². The molecule has 8 nitrogen and oxygen atoms in total. The summed E-state index contributed by atoms with van der Waals surface area (Å²) in [6, 6.07) is 25.3. The minimum atomic E-state index is -0.218. The molecular formula is C32H29N5O3S. The third kappa shape index (κ3) is 5.62. The molecule has 0 saturated heterocycles. The highest BCUT2D eigenvalue weighted by Crippen LogP contribution is 2.27. The first-order valence-electron chi connectivity index (χ1n) is 13.4. The Morgan fingerprint density at radius 3 is 2.29 bits per heavy atom. The fourth-order valence-corrected chi connectivity index (χ4v) is 5.29. The second-order valence-electron chi connectivity index (χ2n) is 10.0. The summed E-state index contributed by atoms with van der Waals surface area (Å²) in [7, 11) is 1.62. The average Bonchev–Trinajstić information content (AvgIpc) is 3.69. The smallest absolute Gasteiger partial charge is 0.291 e. The van der Waals surface area contributed by atoms with Gasteiger partial charge in [0.05, 0.1) is 23.9 Å². The lowest BCUT2D eigenvalue weighted by Gasteiger charge is -2.08. The van der Waals surface area contributed by atoms with E-state index in [-0.39, 0.29) is 5.56 Å². The van der Waals surface area contributed by atoms with Crippen molar-refractivity contribution in [3.63, 3.8) is 0 Å². The fourth-order valence-electron chi connectivity index (χ4n) is 4.39. The molecule has 0 radical (unpaired) electrons. The number of aromatic nitrogens is 5. The molecule has 3 aromatic heterocycles. The van der Waals surface area contributed by atoms with Crippen molar-refractivity contribution < 1.29 is 9.47 Å². The van der Waals surface area contributed by atoms with E-state index in [4.69, 9.17) is 14.6 Å². The van der Waals surface area contributed by atoms with Crippen LogP contribution in [-0.2, 0) is 0 Å². The van der Waals surface area contributed by atoms with Crippen molar-refractivity contribution in [1.29, 1.82) is 0 Å². The van der Waals surface area contributed by atoms with Gasteiger partial charge in [0, 0.05) is 22.9 Å². The fraction of sp³-hybridized carbons (Fsp3) is 0.188. The summed E-state index contributed by atoms with van der Waals surface area (Å²) >= 11 is 1.30. The molecule has 0 spiro atoms. The van der Waals surface area contributed by atoms with E-state index in [1.54, 1.807) is 7.11 Å².